The van der Waals surface area contributed by atoms with Gasteiger partial charge < -0.3 is 5.11 Å². The van der Waals surface area contributed by atoms with Gasteiger partial charge in [0.2, 0.25) is 0 Å². The predicted molar refractivity (Wildman–Crippen MR) is 70.2 cm³/mol. The first-order valence-corrected chi connectivity index (χ1v) is 6.38. The third kappa shape index (κ3) is 3.40. The van der Waals surface area contributed by atoms with Crippen molar-refractivity contribution < 1.29 is 5.11 Å². The van der Waals surface area contributed by atoms with Gasteiger partial charge in [-0.1, -0.05) is 30.3 Å². The summed E-state index contributed by atoms with van der Waals surface area (Å²) < 4.78 is 1.83. The lowest BCUT2D eigenvalue weighted by molar-refractivity contribution is 0.161. The minimum absolute atomic E-state index is 0.361. The maximum atomic E-state index is 10.0. The Morgan fingerprint density at radius 3 is 2.78 bits per heavy atom. The fourth-order valence-electron chi connectivity index (χ4n) is 2.00. The lowest BCUT2D eigenvalue weighted by Crippen LogP contribution is -2.16. The first kappa shape index (κ1) is 12.8. The van der Waals surface area contributed by atoms with Crippen LogP contribution in [0.25, 0.3) is 0 Å². The molecular formula is C14H19N3O. The number of benzene rings is 1. The number of aryl methyl sites for hydroxylation is 2. The molecular weight excluding hydrogens is 226 g/mol. The van der Waals surface area contributed by atoms with Crippen LogP contribution in [0.15, 0.2) is 36.7 Å². The molecule has 4 heteroatoms. The van der Waals surface area contributed by atoms with E-state index in [-0.39, 0.29) is 6.10 Å². The highest BCUT2D eigenvalue weighted by Gasteiger charge is 2.10. The van der Waals surface area contributed by atoms with Crippen LogP contribution in [0.2, 0.25) is 0 Å². The molecule has 0 fully saturated rings. The van der Waals surface area contributed by atoms with Gasteiger partial charge in [0, 0.05) is 13.0 Å². The average molecular weight is 245 g/mol. The number of hydrogen-bond acceptors (Lipinski definition) is 3. The molecule has 2 rings (SSSR count). The highest BCUT2D eigenvalue weighted by Crippen LogP contribution is 2.08. The molecule has 1 unspecified atom stereocenters. The second kappa shape index (κ2) is 6.31. The Bertz CT molecular complexity index is 467. The van der Waals surface area contributed by atoms with Crippen molar-refractivity contribution in [1.29, 1.82) is 0 Å². The van der Waals surface area contributed by atoms with Gasteiger partial charge >= 0.3 is 0 Å². The van der Waals surface area contributed by atoms with E-state index < -0.39 is 0 Å². The molecule has 0 aliphatic rings. The van der Waals surface area contributed by atoms with E-state index in [9.17, 15) is 5.11 Å². The summed E-state index contributed by atoms with van der Waals surface area (Å²) in [7, 11) is 0. The summed E-state index contributed by atoms with van der Waals surface area (Å²) in [5.74, 6) is 0.859. The molecule has 1 atom stereocenters. The Hall–Kier alpha value is -1.68. The van der Waals surface area contributed by atoms with Gasteiger partial charge in [0.25, 0.3) is 0 Å². The fourth-order valence-corrected chi connectivity index (χ4v) is 2.00. The first-order chi connectivity index (χ1) is 8.79. The first-order valence-electron chi connectivity index (χ1n) is 6.38. The van der Waals surface area contributed by atoms with E-state index in [0.29, 0.717) is 6.42 Å². The van der Waals surface area contributed by atoms with Gasteiger partial charge in [-0.3, -0.25) is 4.68 Å². The second-order valence-electron chi connectivity index (χ2n) is 4.37. The van der Waals surface area contributed by atoms with Crippen molar-refractivity contribution in [2.75, 3.05) is 0 Å². The number of aromatic nitrogens is 3. The van der Waals surface area contributed by atoms with Crippen molar-refractivity contribution in [2.45, 2.75) is 38.8 Å². The van der Waals surface area contributed by atoms with Crippen molar-refractivity contribution in [1.82, 2.24) is 14.8 Å². The minimum Gasteiger partial charge on any atom is -0.393 e. The Kier molecular flexibility index (Phi) is 4.47. The molecule has 18 heavy (non-hydrogen) atoms. The number of aliphatic hydroxyl groups excluding tert-OH is 1. The summed E-state index contributed by atoms with van der Waals surface area (Å²) in [5.41, 5.74) is 1.26. The molecule has 0 amide bonds. The molecule has 0 aliphatic carbocycles. The standard InChI is InChI=1S/C14H19N3O/c1-2-17-14(15-11-16-17)10-13(18)9-8-12-6-4-3-5-7-12/h3-7,11,13,18H,2,8-10H2,1H3. The zero-order valence-electron chi connectivity index (χ0n) is 10.7. The van der Waals surface area contributed by atoms with Crippen molar-refractivity contribution in [3.05, 3.63) is 48.0 Å². The Balaban J connectivity index is 1.84. The molecule has 4 nitrogen and oxygen atoms in total. The minimum atomic E-state index is -0.361. The lowest BCUT2D eigenvalue weighted by Gasteiger charge is -2.10. The molecule has 2 aromatic rings. The lowest BCUT2D eigenvalue weighted by atomic mass is 10.0. The summed E-state index contributed by atoms with van der Waals surface area (Å²) >= 11 is 0. The maximum Gasteiger partial charge on any atom is 0.138 e. The SMILES string of the molecule is CCn1ncnc1CC(O)CCc1ccccc1. The van der Waals surface area contributed by atoms with Crippen LogP contribution in [0.5, 0.6) is 0 Å². The fraction of sp³-hybridized carbons (Fsp3) is 0.429. The predicted octanol–water partition coefficient (Wildman–Crippen LogP) is 1.83. The van der Waals surface area contributed by atoms with Crippen molar-refractivity contribution >= 4 is 0 Å². The Morgan fingerprint density at radius 2 is 2.06 bits per heavy atom. The van der Waals surface area contributed by atoms with Crippen LogP contribution < -0.4 is 0 Å². The molecule has 0 radical (unpaired) electrons. The van der Waals surface area contributed by atoms with Gasteiger partial charge in [0.15, 0.2) is 0 Å². The van der Waals surface area contributed by atoms with E-state index in [4.69, 9.17) is 0 Å². The molecule has 1 aromatic heterocycles. The van der Waals surface area contributed by atoms with E-state index in [0.717, 1.165) is 25.2 Å². The smallest absolute Gasteiger partial charge is 0.138 e. The van der Waals surface area contributed by atoms with Crippen LogP contribution in [-0.4, -0.2) is 26.0 Å². The van der Waals surface area contributed by atoms with Crippen LogP contribution in [0.3, 0.4) is 0 Å². The zero-order valence-corrected chi connectivity index (χ0v) is 10.7. The number of hydrogen-bond donors (Lipinski definition) is 1. The van der Waals surface area contributed by atoms with Gasteiger partial charge in [-0.25, -0.2) is 4.98 Å². The Labute approximate surface area is 107 Å². The van der Waals surface area contributed by atoms with Gasteiger partial charge in [0.1, 0.15) is 12.2 Å². The van der Waals surface area contributed by atoms with Crippen molar-refractivity contribution in [3.8, 4) is 0 Å². The van der Waals surface area contributed by atoms with Crippen LogP contribution in [0, 0.1) is 0 Å². The summed E-state index contributed by atoms with van der Waals surface area (Å²) in [6, 6.07) is 10.2. The summed E-state index contributed by atoms with van der Waals surface area (Å²) in [5, 5.41) is 14.1. The average Bonchev–Trinajstić information content (AvgIpc) is 2.85. The normalized spacial score (nSPS) is 12.6. The summed E-state index contributed by atoms with van der Waals surface area (Å²) in [6.45, 7) is 2.81. The molecule has 96 valence electrons. The molecule has 0 aliphatic heterocycles. The largest absolute Gasteiger partial charge is 0.393 e. The monoisotopic (exact) mass is 245 g/mol. The van der Waals surface area contributed by atoms with Crippen molar-refractivity contribution in [3.63, 3.8) is 0 Å². The van der Waals surface area contributed by atoms with E-state index >= 15 is 0 Å². The number of rotatable bonds is 6. The summed E-state index contributed by atoms with van der Waals surface area (Å²) in [6.07, 6.45) is 3.39. The number of aliphatic hydroxyl groups is 1. The van der Waals surface area contributed by atoms with Crippen molar-refractivity contribution in [2.24, 2.45) is 0 Å². The molecule has 1 heterocycles. The van der Waals surface area contributed by atoms with E-state index in [2.05, 4.69) is 22.2 Å². The van der Waals surface area contributed by atoms with Crippen LogP contribution in [0.1, 0.15) is 24.7 Å². The third-order valence-electron chi connectivity index (χ3n) is 3.02. The molecule has 0 saturated heterocycles. The molecule has 1 N–H and O–H groups in total. The molecule has 0 bridgehead atoms. The van der Waals surface area contributed by atoms with Crippen LogP contribution in [-0.2, 0) is 19.4 Å². The highest BCUT2D eigenvalue weighted by atomic mass is 16.3. The quantitative estimate of drug-likeness (QED) is 0.844. The van der Waals surface area contributed by atoms with Gasteiger partial charge in [-0.05, 0) is 25.3 Å². The van der Waals surface area contributed by atoms with E-state index in [1.807, 2.05) is 29.8 Å². The van der Waals surface area contributed by atoms with Gasteiger partial charge in [0.05, 0.1) is 6.10 Å². The highest BCUT2D eigenvalue weighted by molar-refractivity contribution is 5.14. The van der Waals surface area contributed by atoms with Crippen LogP contribution in [0.4, 0.5) is 0 Å². The maximum absolute atomic E-state index is 10.0. The third-order valence-corrected chi connectivity index (χ3v) is 3.02. The van der Waals surface area contributed by atoms with Crippen LogP contribution >= 0.6 is 0 Å². The topological polar surface area (TPSA) is 50.9 Å². The van der Waals surface area contributed by atoms with E-state index in [1.54, 1.807) is 6.33 Å². The zero-order chi connectivity index (χ0) is 12.8. The second-order valence-corrected chi connectivity index (χ2v) is 4.37. The van der Waals surface area contributed by atoms with Gasteiger partial charge in [-0.2, -0.15) is 5.10 Å². The van der Waals surface area contributed by atoms with E-state index in [1.165, 1.54) is 5.56 Å². The Morgan fingerprint density at radius 1 is 1.28 bits per heavy atom. The number of nitrogens with zero attached hydrogens (tertiary/aromatic N) is 3. The molecule has 0 saturated carbocycles. The molecule has 1 aromatic carbocycles. The summed E-state index contributed by atoms with van der Waals surface area (Å²) in [4.78, 5) is 4.17. The van der Waals surface area contributed by atoms with Gasteiger partial charge in [-0.15, -0.1) is 0 Å². The molecule has 0 spiro atoms.